The van der Waals surface area contributed by atoms with Gasteiger partial charge in [-0.05, 0) is 45.8 Å². The lowest BCUT2D eigenvalue weighted by molar-refractivity contribution is 0.414. The molecule has 1 aromatic carbocycles. The first kappa shape index (κ1) is 14.4. The standard InChI is InChI=1S/C14H15BrN2OS/c1-18-11-5-2-4-10(8-11)13(9-16)19-14-12(15)6-3-7-17-14/h2-8,13H,9,16H2,1H3. The van der Waals surface area contributed by atoms with E-state index in [9.17, 15) is 0 Å². The van der Waals surface area contributed by atoms with E-state index >= 15 is 0 Å². The van der Waals surface area contributed by atoms with Crippen molar-refractivity contribution in [3.63, 3.8) is 0 Å². The van der Waals surface area contributed by atoms with Crippen LogP contribution in [-0.4, -0.2) is 18.6 Å². The molecule has 0 amide bonds. The normalized spacial score (nSPS) is 12.2. The summed E-state index contributed by atoms with van der Waals surface area (Å²) in [6.07, 6.45) is 1.78. The number of hydrogen-bond acceptors (Lipinski definition) is 4. The summed E-state index contributed by atoms with van der Waals surface area (Å²) >= 11 is 5.15. The van der Waals surface area contributed by atoms with Crippen LogP contribution < -0.4 is 10.5 Å². The van der Waals surface area contributed by atoms with Crippen LogP contribution in [0.2, 0.25) is 0 Å². The highest BCUT2D eigenvalue weighted by Gasteiger charge is 2.14. The summed E-state index contributed by atoms with van der Waals surface area (Å²) in [6.45, 7) is 0.543. The zero-order valence-corrected chi connectivity index (χ0v) is 12.9. The molecule has 3 nitrogen and oxygen atoms in total. The first-order valence-electron chi connectivity index (χ1n) is 5.85. The van der Waals surface area contributed by atoms with E-state index in [0.717, 1.165) is 20.8 Å². The average Bonchev–Trinajstić information content (AvgIpc) is 2.46. The quantitative estimate of drug-likeness (QED) is 0.845. The Morgan fingerprint density at radius 3 is 2.89 bits per heavy atom. The largest absolute Gasteiger partial charge is 0.497 e. The summed E-state index contributed by atoms with van der Waals surface area (Å²) in [5.41, 5.74) is 7.03. The topological polar surface area (TPSA) is 48.1 Å². The molecule has 0 bridgehead atoms. The highest BCUT2D eigenvalue weighted by Crippen LogP contribution is 2.37. The van der Waals surface area contributed by atoms with E-state index < -0.39 is 0 Å². The Hall–Kier alpha value is -1.04. The summed E-state index contributed by atoms with van der Waals surface area (Å²) < 4.78 is 6.24. The van der Waals surface area contributed by atoms with E-state index in [4.69, 9.17) is 10.5 Å². The minimum atomic E-state index is 0.154. The van der Waals surface area contributed by atoms with Gasteiger partial charge in [-0.2, -0.15) is 0 Å². The second-order valence-corrected chi connectivity index (χ2v) is 5.95. The van der Waals surface area contributed by atoms with Gasteiger partial charge in [0.2, 0.25) is 0 Å². The van der Waals surface area contributed by atoms with Crippen molar-refractivity contribution in [3.05, 3.63) is 52.6 Å². The minimum Gasteiger partial charge on any atom is -0.497 e. The fourth-order valence-corrected chi connectivity index (χ4v) is 3.17. The van der Waals surface area contributed by atoms with Crippen molar-refractivity contribution in [1.82, 2.24) is 4.98 Å². The highest BCUT2D eigenvalue weighted by atomic mass is 79.9. The van der Waals surface area contributed by atoms with Crippen molar-refractivity contribution in [2.45, 2.75) is 10.3 Å². The molecule has 100 valence electrons. The van der Waals surface area contributed by atoms with Crippen molar-refractivity contribution in [1.29, 1.82) is 0 Å². The maximum absolute atomic E-state index is 5.89. The summed E-state index contributed by atoms with van der Waals surface area (Å²) in [6, 6.07) is 11.9. The Labute approximate surface area is 125 Å². The van der Waals surface area contributed by atoms with Crippen LogP contribution in [0.4, 0.5) is 0 Å². The SMILES string of the molecule is COc1cccc(C(CN)Sc2ncccc2Br)c1. The molecule has 1 aromatic heterocycles. The Balaban J connectivity index is 2.22. The molecule has 0 saturated carbocycles. The number of rotatable bonds is 5. The van der Waals surface area contributed by atoms with Gasteiger partial charge in [0.15, 0.2) is 0 Å². The number of nitrogens with zero attached hydrogens (tertiary/aromatic N) is 1. The molecule has 19 heavy (non-hydrogen) atoms. The fraction of sp³-hybridized carbons (Fsp3) is 0.214. The average molecular weight is 339 g/mol. The zero-order chi connectivity index (χ0) is 13.7. The van der Waals surface area contributed by atoms with Gasteiger partial charge in [-0.1, -0.05) is 23.9 Å². The van der Waals surface area contributed by atoms with E-state index in [2.05, 4.69) is 27.0 Å². The Kier molecular flexibility index (Phi) is 5.24. The van der Waals surface area contributed by atoms with E-state index in [-0.39, 0.29) is 5.25 Å². The molecular formula is C14H15BrN2OS. The van der Waals surface area contributed by atoms with Crippen LogP contribution in [0.15, 0.2) is 52.1 Å². The van der Waals surface area contributed by atoms with Gasteiger partial charge < -0.3 is 10.5 Å². The molecule has 0 fully saturated rings. The predicted octanol–water partition coefficient (Wildman–Crippen LogP) is 3.64. The van der Waals surface area contributed by atoms with Crippen molar-refractivity contribution in [2.75, 3.05) is 13.7 Å². The molecule has 2 N–H and O–H groups in total. The molecule has 1 unspecified atom stereocenters. The number of aromatic nitrogens is 1. The maximum Gasteiger partial charge on any atom is 0.119 e. The Morgan fingerprint density at radius 2 is 2.21 bits per heavy atom. The summed E-state index contributed by atoms with van der Waals surface area (Å²) in [4.78, 5) is 4.36. The molecule has 1 heterocycles. The third-order valence-electron chi connectivity index (χ3n) is 2.66. The van der Waals surface area contributed by atoms with Gasteiger partial charge in [-0.25, -0.2) is 4.98 Å². The molecule has 0 radical (unpaired) electrons. The van der Waals surface area contributed by atoms with Gasteiger partial charge in [-0.15, -0.1) is 0 Å². The van der Waals surface area contributed by atoms with E-state index in [1.807, 2.05) is 30.3 Å². The van der Waals surface area contributed by atoms with Gasteiger partial charge in [0.1, 0.15) is 10.8 Å². The number of methoxy groups -OCH3 is 1. The monoisotopic (exact) mass is 338 g/mol. The number of benzene rings is 1. The van der Waals surface area contributed by atoms with Gasteiger partial charge in [0.25, 0.3) is 0 Å². The maximum atomic E-state index is 5.89. The first-order valence-corrected chi connectivity index (χ1v) is 7.53. The molecule has 0 aliphatic carbocycles. The van der Waals surface area contributed by atoms with Crippen LogP contribution in [0.25, 0.3) is 0 Å². The zero-order valence-electron chi connectivity index (χ0n) is 10.5. The van der Waals surface area contributed by atoms with E-state index in [1.165, 1.54) is 0 Å². The van der Waals surface area contributed by atoms with Crippen LogP contribution in [0.1, 0.15) is 10.8 Å². The number of thioether (sulfide) groups is 1. The Morgan fingerprint density at radius 1 is 1.37 bits per heavy atom. The number of nitrogens with two attached hydrogens (primary N) is 1. The Bertz CT molecular complexity index is 550. The van der Waals surface area contributed by atoms with Crippen molar-refractivity contribution >= 4 is 27.7 Å². The molecule has 0 saturated heterocycles. The third kappa shape index (κ3) is 3.72. The molecule has 2 rings (SSSR count). The van der Waals surface area contributed by atoms with E-state index in [0.29, 0.717) is 6.54 Å². The van der Waals surface area contributed by atoms with Gasteiger partial charge in [0, 0.05) is 22.5 Å². The van der Waals surface area contributed by atoms with Crippen molar-refractivity contribution in [3.8, 4) is 5.75 Å². The molecule has 0 spiro atoms. The second kappa shape index (κ2) is 6.93. The molecule has 2 aromatic rings. The predicted molar refractivity (Wildman–Crippen MR) is 82.6 cm³/mol. The first-order chi connectivity index (χ1) is 9.24. The second-order valence-electron chi connectivity index (χ2n) is 3.91. The van der Waals surface area contributed by atoms with Crippen LogP contribution in [0, 0.1) is 0 Å². The number of ether oxygens (including phenoxy) is 1. The van der Waals surface area contributed by atoms with Crippen LogP contribution in [0.3, 0.4) is 0 Å². The number of pyridine rings is 1. The fourth-order valence-electron chi connectivity index (χ4n) is 1.69. The third-order valence-corrected chi connectivity index (χ3v) is 4.86. The van der Waals surface area contributed by atoms with Gasteiger partial charge >= 0.3 is 0 Å². The lowest BCUT2D eigenvalue weighted by Crippen LogP contribution is -2.09. The smallest absolute Gasteiger partial charge is 0.119 e. The molecule has 1 atom stereocenters. The minimum absolute atomic E-state index is 0.154. The van der Waals surface area contributed by atoms with E-state index in [1.54, 1.807) is 25.1 Å². The molecule has 0 aliphatic rings. The lowest BCUT2D eigenvalue weighted by atomic mass is 10.1. The molecule has 5 heteroatoms. The summed E-state index contributed by atoms with van der Waals surface area (Å²) in [7, 11) is 1.67. The van der Waals surface area contributed by atoms with Crippen molar-refractivity contribution in [2.24, 2.45) is 5.73 Å². The lowest BCUT2D eigenvalue weighted by Gasteiger charge is -2.15. The van der Waals surface area contributed by atoms with Crippen LogP contribution in [0.5, 0.6) is 5.75 Å². The molecular weight excluding hydrogens is 324 g/mol. The van der Waals surface area contributed by atoms with Crippen LogP contribution in [-0.2, 0) is 0 Å². The summed E-state index contributed by atoms with van der Waals surface area (Å²) in [5, 5.41) is 1.10. The summed E-state index contributed by atoms with van der Waals surface area (Å²) in [5.74, 6) is 0.844. The molecule has 0 aliphatic heterocycles. The number of halogens is 1. The highest BCUT2D eigenvalue weighted by molar-refractivity contribution is 9.10. The van der Waals surface area contributed by atoms with Gasteiger partial charge in [0.05, 0.1) is 7.11 Å². The van der Waals surface area contributed by atoms with Crippen LogP contribution >= 0.6 is 27.7 Å². The van der Waals surface area contributed by atoms with Gasteiger partial charge in [-0.3, -0.25) is 0 Å². The van der Waals surface area contributed by atoms with Crippen molar-refractivity contribution < 1.29 is 4.74 Å². The number of hydrogen-bond donors (Lipinski definition) is 1.